The van der Waals surface area contributed by atoms with E-state index in [4.69, 9.17) is 5.73 Å². The van der Waals surface area contributed by atoms with E-state index >= 15 is 0 Å². The fourth-order valence-corrected chi connectivity index (χ4v) is 4.20. The molecule has 3 N–H and O–H groups in total. The molecule has 2 heterocycles. The number of hydrogen-bond acceptors (Lipinski definition) is 5. The first-order valence-electron chi connectivity index (χ1n) is 11.2. The van der Waals surface area contributed by atoms with Gasteiger partial charge in [0.2, 0.25) is 11.8 Å². The maximum absolute atomic E-state index is 13.2. The van der Waals surface area contributed by atoms with Gasteiger partial charge in [-0.3, -0.25) is 9.59 Å². The number of nitrogen functional groups attached to an aromatic ring is 1. The Morgan fingerprint density at radius 2 is 1.94 bits per heavy atom. The Hall–Kier alpha value is -4.45. The van der Waals surface area contributed by atoms with Gasteiger partial charge < -0.3 is 16.0 Å². The molecule has 3 aromatic rings. The number of carbonyl (C=O) groups excluding carboxylic acids is 2. The van der Waals surface area contributed by atoms with Crippen LogP contribution in [-0.4, -0.2) is 33.0 Å². The predicted octanol–water partition coefficient (Wildman–Crippen LogP) is 3.48. The van der Waals surface area contributed by atoms with Crippen molar-refractivity contribution in [2.45, 2.75) is 32.2 Å². The van der Waals surface area contributed by atoms with Crippen molar-refractivity contribution >= 4 is 23.7 Å². The van der Waals surface area contributed by atoms with E-state index in [0.29, 0.717) is 30.8 Å². The van der Waals surface area contributed by atoms with Crippen molar-refractivity contribution in [2.24, 2.45) is 0 Å². The van der Waals surface area contributed by atoms with Crippen molar-refractivity contribution in [3.05, 3.63) is 82.9 Å². The Kier molecular flexibility index (Phi) is 6.92. The van der Waals surface area contributed by atoms with E-state index in [-0.39, 0.29) is 41.5 Å². The number of nitriles is 1. The number of rotatable bonds is 7. The van der Waals surface area contributed by atoms with Crippen LogP contribution >= 0.6 is 0 Å². The average Bonchev–Trinajstić information content (AvgIpc) is 3.17. The Morgan fingerprint density at radius 3 is 2.66 bits per heavy atom. The number of hydrogen-bond donors (Lipinski definition) is 2. The summed E-state index contributed by atoms with van der Waals surface area (Å²) in [5.41, 5.74) is 9.34. The van der Waals surface area contributed by atoms with Crippen LogP contribution in [0.1, 0.15) is 48.2 Å². The smallest absolute Gasteiger partial charge is 0.223 e. The number of aromatic nitrogens is 2. The summed E-state index contributed by atoms with van der Waals surface area (Å²) in [6.45, 7) is 1.85. The highest BCUT2D eigenvalue weighted by Crippen LogP contribution is 2.32. The lowest BCUT2D eigenvalue weighted by Crippen LogP contribution is -2.35. The number of carbonyl (C=O) groups is 2. The van der Waals surface area contributed by atoms with Crippen LogP contribution < -0.4 is 11.1 Å². The minimum absolute atomic E-state index is 0.132. The molecule has 2 aromatic carbocycles. The molecule has 0 radical (unpaired) electrons. The van der Waals surface area contributed by atoms with Gasteiger partial charge in [-0.25, -0.2) is 9.07 Å². The van der Waals surface area contributed by atoms with Crippen LogP contribution in [0.25, 0.3) is 11.8 Å². The second-order valence-electron chi connectivity index (χ2n) is 8.25. The van der Waals surface area contributed by atoms with Gasteiger partial charge in [-0.2, -0.15) is 10.4 Å². The Morgan fingerprint density at radius 1 is 1.20 bits per heavy atom. The Bertz CT molecular complexity index is 1320. The minimum Gasteiger partial charge on any atom is -0.382 e. The van der Waals surface area contributed by atoms with Crippen LogP contribution in [0, 0.1) is 17.1 Å². The molecule has 1 aliphatic heterocycles. The van der Waals surface area contributed by atoms with Crippen LogP contribution in [0.4, 0.5) is 10.2 Å². The molecular formula is C26H25FN6O2. The molecule has 1 aromatic heterocycles. The molecule has 178 valence electrons. The molecule has 1 atom stereocenters. The summed E-state index contributed by atoms with van der Waals surface area (Å²) in [6.07, 6.45) is 4.69. The molecule has 0 fully saturated rings. The normalized spacial score (nSPS) is 14.3. The SMILES string of the molecule is CC(=O)N1C=Cc2ccccc2[C@H]1CC(=O)NCCCc1nn(-c2ccc(F)cc2)c(N)c1C#N. The summed E-state index contributed by atoms with van der Waals surface area (Å²) in [4.78, 5) is 26.4. The number of aryl methyl sites for hydroxylation is 1. The lowest BCUT2D eigenvalue weighted by Gasteiger charge is -2.32. The van der Waals surface area contributed by atoms with Gasteiger partial charge in [0.1, 0.15) is 23.3 Å². The van der Waals surface area contributed by atoms with E-state index in [1.807, 2.05) is 30.3 Å². The predicted molar refractivity (Wildman–Crippen MR) is 129 cm³/mol. The van der Waals surface area contributed by atoms with Gasteiger partial charge in [0.25, 0.3) is 0 Å². The first-order valence-corrected chi connectivity index (χ1v) is 11.2. The van der Waals surface area contributed by atoms with E-state index in [0.717, 1.165) is 11.1 Å². The molecule has 0 saturated heterocycles. The number of fused-ring (bicyclic) bond motifs is 1. The molecule has 1 aliphatic rings. The van der Waals surface area contributed by atoms with Gasteiger partial charge in [-0.05, 0) is 54.3 Å². The van der Waals surface area contributed by atoms with Crippen molar-refractivity contribution in [1.82, 2.24) is 20.0 Å². The van der Waals surface area contributed by atoms with E-state index in [9.17, 15) is 19.2 Å². The van der Waals surface area contributed by atoms with Crippen LogP contribution in [0.3, 0.4) is 0 Å². The van der Waals surface area contributed by atoms with Gasteiger partial charge in [0, 0.05) is 19.7 Å². The second kappa shape index (κ2) is 10.2. The molecule has 0 saturated carbocycles. The summed E-state index contributed by atoms with van der Waals surface area (Å²) in [6, 6.07) is 15.1. The third kappa shape index (κ3) is 5.06. The first kappa shape index (κ1) is 23.7. The number of halogens is 1. The van der Waals surface area contributed by atoms with Crippen molar-refractivity contribution in [3.8, 4) is 11.8 Å². The van der Waals surface area contributed by atoms with E-state index in [2.05, 4.69) is 16.5 Å². The van der Waals surface area contributed by atoms with Crippen LogP contribution in [0.5, 0.6) is 0 Å². The molecule has 4 rings (SSSR count). The number of amides is 2. The number of nitrogens with two attached hydrogens (primary N) is 1. The van der Waals surface area contributed by atoms with Gasteiger partial charge in [-0.15, -0.1) is 0 Å². The van der Waals surface area contributed by atoms with Gasteiger partial charge in [-0.1, -0.05) is 24.3 Å². The van der Waals surface area contributed by atoms with Crippen LogP contribution in [0.15, 0.2) is 54.7 Å². The molecule has 2 amide bonds. The van der Waals surface area contributed by atoms with Gasteiger partial charge >= 0.3 is 0 Å². The van der Waals surface area contributed by atoms with E-state index in [1.54, 1.807) is 11.1 Å². The molecule has 9 heteroatoms. The second-order valence-corrected chi connectivity index (χ2v) is 8.25. The van der Waals surface area contributed by atoms with Crippen molar-refractivity contribution in [3.63, 3.8) is 0 Å². The molecule has 0 unspecified atom stereocenters. The standard InChI is InChI=1S/C26H25FN6O2/c1-17(34)32-14-12-18-5-2-3-6-21(18)24(32)15-25(35)30-13-4-7-23-22(16-28)26(29)33(31-23)20-10-8-19(27)9-11-20/h2-3,5-6,8-12,14,24H,4,7,13,15,29H2,1H3,(H,30,35)/t24-/m1/s1. The third-order valence-electron chi connectivity index (χ3n) is 5.94. The highest BCUT2D eigenvalue weighted by molar-refractivity contribution is 5.81. The topological polar surface area (TPSA) is 117 Å². The first-order chi connectivity index (χ1) is 16.9. The monoisotopic (exact) mass is 472 g/mol. The quantitative estimate of drug-likeness (QED) is 0.511. The zero-order valence-electron chi connectivity index (χ0n) is 19.2. The van der Waals surface area contributed by atoms with Crippen molar-refractivity contribution in [2.75, 3.05) is 12.3 Å². The summed E-state index contributed by atoms with van der Waals surface area (Å²) < 4.78 is 14.6. The maximum Gasteiger partial charge on any atom is 0.223 e. The zero-order valence-corrected chi connectivity index (χ0v) is 19.2. The lowest BCUT2D eigenvalue weighted by molar-refractivity contribution is -0.129. The molecule has 0 spiro atoms. The fourth-order valence-electron chi connectivity index (χ4n) is 4.20. The molecule has 8 nitrogen and oxygen atoms in total. The van der Waals surface area contributed by atoms with Gasteiger partial charge in [0.15, 0.2) is 0 Å². The van der Waals surface area contributed by atoms with Crippen molar-refractivity contribution in [1.29, 1.82) is 5.26 Å². The zero-order chi connectivity index (χ0) is 24.9. The van der Waals surface area contributed by atoms with E-state index < -0.39 is 0 Å². The third-order valence-corrected chi connectivity index (χ3v) is 5.94. The minimum atomic E-state index is -0.380. The Labute approximate surface area is 202 Å². The van der Waals surface area contributed by atoms with E-state index in [1.165, 1.54) is 35.9 Å². The lowest BCUT2D eigenvalue weighted by atomic mass is 9.93. The van der Waals surface area contributed by atoms with Crippen molar-refractivity contribution < 1.29 is 14.0 Å². The highest BCUT2D eigenvalue weighted by atomic mass is 19.1. The number of anilines is 1. The number of benzene rings is 2. The Balaban J connectivity index is 1.37. The van der Waals surface area contributed by atoms with Crippen LogP contribution in [0.2, 0.25) is 0 Å². The summed E-state index contributed by atoms with van der Waals surface area (Å²) in [5.74, 6) is -0.503. The fraction of sp³-hybridized carbons (Fsp3) is 0.231. The maximum atomic E-state index is 13.2. The van der Waals surface area contributed by atoms with Gasteiger partial charge in [0.05, 0.1) is 23.8 Å². The molecular weight excluding hydrogens is 447 g/mol. The van der Waals surface area contributed by atoms with Crippen LogP contribution in [-0.2, 0) is 16.0 Å². The summed E-state index contributed by atoms with van der Waals surface area (Å²) >= 11 is 0. The largest absolute Gasteiger partial charge is 0.382 e. The summed E-state index contributed by atoms with van der Waals surface area (Å²) in [7, 11) is 0. The molecule has 35 heavy (non-hydrogen) atoms. The summed E-state index contributed by atoms with van der Waals surface area (Å²) in [5, 5.41) is 16.9. The number of nitrogens with one attached hydrogen (secondary N) is 1. The highest BCUT2D eigenvalue weighted by Gasteiger charge is 2.28. The number of nitrogens with zero attached hydrogens (tertiary/aromatic N) is 4. The molecule has 0 bridgehead atoms. The molecule has 0 aliphatic carbocycles. The average molecular weight is 473 g/mol.